The number of hydrogen-bond acceptors (Lipinski definition) is 9. The molecule has 1 atom stereocenters. The average molecular weight is 512 g/mol. The first kappa shape index (κ1) is 22.4. The third-order valence-corrected chi connectivity index (χ3v) is 7.39. The highest BCUT2D eigenvalue weighted by Gasteiger charge is 2.34. The molecule has 1 saturated heterocycles. The number of benzene rings is 1. The summed E-state index contributed by atoms with van der Waals surface area (Å²) in [7, 11) is 0. The van der Waals surface area contributed by atoms with E-state index in [1.165, 1.54) is 11.3 Å². The number of fused-ring (bicyclic) bond motifs is 5. The fourth-order valence-corrected chi connectivity index (χ4v) is 5.37. The van der Waals surface area contributed by atoms with E-state index in [1.54, 1.807) is 12.3 Å². The van der Waals surface area contributed by atoms with Gasteiger partial charge in [-0.3, -0.25) is 4.79 Å². The van der Waals surface area contributed by atoms with Gasteiger partial charge in [-0.1, -0.05) is 0 Å². The average Bonchev–Trinajstić information content (AvgIpc) is 3.13. The number of carbonyl (C=O) groups excluding carboxylic acids is 1. The monoisotopic (exact) mass is 511 g/mol. The second kappa shape index (κ2) is 8.56. The number of aromatic nitrogens is 3. The van der Waals surface area contributed by atoms with Crippen molar-refractivity contribution in [2.45, 2.75) is 32.1 Å². The second-order valence-corrected chi connectivity index (χ2v) is 10.4. The van der Waals surface area contributed by atoms with Crippen LogP contribution in [0.25, 0.3) is 21.0 Å². The normalized spacial score (nSPS) is 18.9. The quantitative estimate of drug-likeness (QED) is 0.376. The fourth-order valence-electron chi connectivity index (χ4n) is 4.15. The van der Waals surface area contributed by atoms with Gasteiger partial charge >= 0.3 is 0 Å². The maximum Gasteiger partial charge on any atom is 0.263 e. The van der Waals surface area contributed by atoms with Crippen molar-refractivity contribution in [2.75, 3.05) is 25.1 Å². The minimum Gasteiger partial charge on any atom is -0.420 e. The molecule has 180 valence electrons. The molecular formula is C24H22ClN5O4S. The Hall–Kier alpha value is -3.05. The van der Waals surface area contributed by atoms with Crippen molar-refractivity contribution in [3.63, 3.8) is 0 Å². The van der Waals surface area contributed by atoms with E-state index in [4.69, 9.17) is 30.8 Å². The molecular weight excluding hydrogens is 490 g/mol. The van der Waals surface area contributed by atoms with E-state index < -0.39 is 0 Å². The Morgan fingerprint density at radius 3 is 2.91 bits per heavy atom. The molecule has 0 aliphatic carbocycles. The van der Waals surface area contributed by atoms with Gasteiger partial charge in [-0.05, 0) is 43.6 Å². The minimum atomic E-state index is -0.329. The summed E-state index contributed by atoms with van der Waals surface area (Å²) in [5.74, 6) is 0.600. The molecule has 2 aliphatic rings. The van der Waals surface area contributed by atoms with Crippen LogP contribution < -0.4 is 15.4 Å². The third kappa shape index (κ3) is 4.16. The van der Waals surface area contributed by atoms with Crippen LogP contribution >= 0.6 is 22.9 Å². The number of nitrogens with one attached hydrogen (secondary N) is 2. The molecule has 1 amide bonds. The number of thiophene rings is 1. The predicted octanol–water partition coefficient (Wildman–Crippen LogP) is 4.53. The molecule has 0 spiro atoms. The smallest absolute Gasteiger partial charge is 0.263 e. The van der Waals surface area contributed by atoms with E-state index in [0.717, 1.165) is 26.7 Å². The van der Waals surface area contributed by atoms with Crippen LogP contribution in [-0.4, -0.2) is 52.3 Å². The summed E-state index contributed by atoms with van der Waals surface area (Å²) < 4.78 is 18.3. The van der Waals surface area contributed by atoms with Gasteiger partial charge < -0.3 is 24.8 Å². The Kier molecular flexibility index (Phi) is 5.48. The Bertz CT molecular complexity index is 1470. The van der Waals surface area contributed by atoms with Crippen LogP contribution in [0.1, 0.15) is 29.1 Å². The highest BCUT2D eigenvalue weighted by molar-refractivity contribution is 7.21. The number of amides is 1. The molecule has 9 nitrogen and oxygen atoms in total. The summed E-state index contributed by atoms with van der Waals surface area (Å²) in [5, 5.41) is 8.45. The van der Waals surface area contributed by atoms with Crippen molar-refractivity contribution in [3.05, 3.63) is 46.2 Å². The zero-order valence-corrected chi connectivity index (χ0v) is 20.6. The molecule has 0 saturated carbocycles. The van der Waals surface area contributed by atoms with Crippen LogP contribution in [0.2, 0.25) is 5.28 Å². The highest BCUT2D eigenvalue weighted by Crippen LogP contribution is 2.41. The molecule has 1 fully saturated rings. The van der Waals surface area contributed by atoms with Gasteiger partial charge in [-0.15, -0.1) is 11.3 Å². The van der Waals surface area contributed by atoms with E-state index >= 15 is 0 Å². The predicted molar refractivity (Wildman–Crippen MR) is 134 cm³/mol. The molecule has 11 heteroatoms. The SMILES string of the molecule is C[C@H]1CNc2c(sc3ccc4nc(Oc5nc(Cl)ncc5COC5(C)COC5)ccc4c23)C(=O)N1. The molecule has 5 heterocycles. The van der Waals surface area contributed by atoms with Gasteiger partial charge in [0.05, 0.1) is 36.6 Å². The molecule has 3 aromatic heterocycles. The Balaban J connectivity index is 1.34. The summed E-state index contributed by atoms with van der Waals surface area (Å²) >= 11 is 7.51. The van der Waals surface area contributed by atoms with Crippen molar-refractivity contribution in [3.8, 4) is 11.8 Å². The first-order valence-electron chi connectivity index (χ1n) is 11.2. The van der Waals surface area contributed by atoms with Crippen molar-refractivity contribution < 1.29 is 19.0 Å². The first-order valence-corrected chi connectivity index (χ1v) is 12.4. The van der Waals surface area contributed by atoms with Crippen LogP contribution in [0.3, 0.4) is 0 Å². The van der Waals surface area contributed by atoms with Crippen molar-refractivity contribution in [2.24, 2.45) is 0 Å². The van der Waals surface area contributed by atoms with Gasteiger partial charge in [-0.2, -0.15) is 4.98 Å². The number of nitrogens with zero attached hydrogens (tertiary/aromatic N) is 3. The second-order valence-electron chi connectivity index (χ2n) is 9.02. The van der Waals surface area contributed by atoms with Crippen molar-refractivity contribution in [1.82, 2.24) is 20.3 Å². The maximum absolute atomic E-state index is 12.7. The molecule has 2 N–H and O–H groups in total. The standard InChI is InChI=1S/C24H22ClN5O4S/c1-12-7-26-19-18-14-3-6-17(29-15(14)4-5-16(18)35-20(19)21(31)28-12)34-22-13(8-27-23(25)30-22)9-33-24(2)10-32-11-24/h3-6,8,12,26H,7,9-11H2,1-2H3,(H,28,31)/t12-/m0/s1. The summed E-state index contributed by atoms with van der Waals surface area (Å²) in [6, 6.07) is 7.69. The Morgan fingerprint density at radius 1 is 1.26 bits per heavy atom. The molecule has 1 aromatic carbocycles. The van der Waals surface area contributed by atoms with E-state index in [9.17, 15) is 4.79 Å². The molecule has 4 aromatic rings. The summed E-state index contributed by atoms with van der Waals surface area (Å²) in [4.78, 5) is 26.4. The Labute approximate surface area is 209 Å². The van der Waals surface area contributed by atoms with Crippen LogP contribution in [-0.2, 0) is 16.1 Å². The number of hydrogen-bond donors (Lipinski definition) is 2. The lowest BCUT2D eigenvalue weighted by Gasteiger charge is -2.37. The van der Waals surface area contributed by atoms with Gasteiger partial charge in [0.25, 0.3) is 5.91 Å². The summed E-state index contributed by atoms with van der Waals surface area (Å²) in [6.45, 7) is 5.96. The lowest BCUT2D eigenvalue weighted by Crippen LogP contribution is -2.48. The first-order chi connectivity index (χ1) is 16.9. The topological polar surface area (TPSA) is 107 Å². The lowest BCUT2D eigenvalue weighted by molar-refractivity contribution is -0.204. The zero-order valence-electron chi connectivity index (χ0n) is 19.1. The van der Waals surface area contributed by atoms with Crippen LogP contribution in [0.4, 0.5) is 5.69 Å². The Morgan fingerprint density at radius 2 is 2.11 bits per heavy atom. The lowest BCUT2D eigenvalue weighted by atomic mass is 10.1. The minimum absolute atomic E-state index is 0.0440. The molecule has 35 heavy (non-hydrogen) atoms. The van der Waals surface area contributed by atoms with Gasteiger partial charge in [0.15, 0.2) is 0 Å². The van der Waals surface area contributed by atoms with Gasteiger partial charge in [0, 0.05) is 40.3 Å². The zero-order chi connectivity index (χ0) is 24.2. The van der Waals surface area contributed by atoms with Crippen LogP contribution in [0.5, 0.6) is 11.8 Å². The van der Waals surface area contributed by atoms with Crippen molar-refractivity contribution in [1.29, 1.82) is 0 Å². The van der Waals surface area contributed by atoms with Gasteiger partial charge in [0.1, 0.15) is 10.5 Å². The van der Waals surface area contributed by atoms with Crippen LogP contribution in [0, 0.1) is 0 Å². The number of halogens is 1. The fraction of sp³-hybridized carbons (Fsp3) is 0.333. The highest BCUT2D eigenvalue weighted by atomic mass is 35.5. The number of pyridine rings is 1. The molecule has 0 bridgehead atoms. The number of anilines is 1. The number of rotatable bonds is 5. The van der Waals surface area contributed by atoms with E-state index in [-0.39, 0.29) is 29.4 Å². The molecule has 6 rings (SSSR count). The number of carbonyl (C=O) groups is 1. The molecule has 0 radical (unpaired) electrons. The molecule has 0 unspecified atom stereocenters. The van der Waals surface area contributed by atoms with Crippen LogP contribution in [0.15, 0.2) is 30.5 Å². The number of ether oxygens (including phenoxy) is 3. The molecule has 2 aliphatic heterocycles. The van der Waals surface area contributed by atoms with Gasteiger partial charge in [0.2, 0.25) is 17.0 Å². The van der Waals surface area contributed by atoms with E-state index in [0.29, 0.717) is 42.0 Å². The van der Waals surface area contributed by atoms with Gasteiger partial charge in [-0.25, -0.2) is 9.97 Å². The maximum atomic E-state index is 12.7. The van der Waals surface area contributed by atoms with E-state index in [2.05, 4.69) is 20.6 Å². The van der Waals surface area contributed by atoms with Crippen molar-refractivity contribution >= 4 is 55.5 Å². The summed E-state index contributed by atoms with van der Waals surface area (Å²) in [5.41, 5.74) is 1.92. The third-order valence-electron chi connectivity index (χ3n) is 6.05. The van der Waals surface area contributed by atoms with E-state index in [1.807, 2.05) is 32.0 Å². The largest absolute Gasteiger partial charge is 0.420 e. The summed E-state index contributed by atoms with van der Waals surface area (Å²) in [6.07, 6.45) is 1.59.